The van der Waals surface area contributed by atoms with Crippen molar-refractivity contribution in [3.63, 3.8) is 0 Å². The number of guanidine groups is 1. The Labute approximate surface area is 183 Å². The second kappa shape index (κ2) is 7.04. The lowest BCUT2D eigenvalue weighted by molar-refractivity contribution is -0.144. The van der Waals surface area contributed by atoms with Gasteiger partial charge in [0.25, 0.3) is 5.91 Å². The van der Waals surface area contributed by atoms with Crippen LogP contribution < -0.4 is 5.73 Å². The van der Waals surface area contributed by atoms with Crippen LogP contribution in [0.25, 0.3) is 0 Å². The summed E-state index contributed by atoms with van der Waals surface area (Å²) in [5.74, 6) is 1.11. The second-order valence-corrected chi connectivity index (χ2v) is 10.0. The number of aliphatic imine (C=N–C) groups is 1. The van der Waals surface area contributed by atoms with Crippen LogP contribution in [-0.4, -0.2) is 49.7 Å². The number of methoxy groups -OCH3 is 1. The van der Waals surface area contributed by atoms with Crippen molar-refractivity contribution < 1.29 is 14.3 Å². The van der Waals surface area contributed by atoms with E-state index >= 15 is 0 Å². The molecule has 7 nitrogen and oxygen atoms in total. The summed E-state index contributed by atoms with van der Waals surface area (Å²) in [6.07, 6.45) is 2.58. The zero-order valence-corrected chi connectivity index (χ0v) is 18.4. The van der Waals surface area contributed by atoms with E-state index in [1.165, 1.54) is 0 Å². The fraction of sp³-hybridized carbons (Fsp3) is 0.625. The topological polar surface area (TPSA) is 101 Å². The van der Waals surface area contributed by atoms with Crippen LogP contribution in [0.2, 0.25) is 0 Å². The molecular formula is C24H30N4O3. The predicted octanol–water partition coefficient (Wildman–Crippen LogP) is 2.18. The minimum absolute atomic E-state index is 0.0407. The maximum Gasteiger partial charge on any atom is 0.262 e. The highest BCUT2D eigenvalue weighted by molar-refractivity contribution is 6.08. The highest BCUT2D eigenvalue weighted by Gasteiger charge is 2.68. The van der Waals surface area contributed by atoms with Gasteiger partial charge in [-0.2, -0.15) is 5.26 Å². The third-order valence-corrected chi connectivity index (χ3v) is 8.01. The first-order valence-corrected chi connectivity index (χ1v) is 11.2. The molecule has 1 aromatic rings. The normalized spacial score (nSPS) is 37.1. The van der Waals surface area contributed by atoms with Crippen molar-refractivity contribution in [2.75, 3.05) is 26.9 Å². The molecule has 1 saturated heterocycles. The number of nitrogens with two attached hydrogens (primary N) is 1. The van der Waals surface area contributed by atoms with Crippen molar-refractivity contribution in [3.05, 3.63) is 34.9 Å². The summed E-state index contributed by atoms with van der Waals surface area (Å²) in [6.45, 7) is 6.24. The molecule has 7 heteroatoms. The quantitative estimate of drug-likeness (QED) is 0.805. The number of carbonyl (C=O) groups is 1. The van der Waals surface area contributed by atoms with Crippen LogP contribution in [-0.2, 0) is 26.2 Å². The van der Waals surface area contributed by atoms with E-state index in [4.69, 9.17) is 20.2 Å². The Morgan fingerprint density at radius 1 is 1.32 bits per heavy atom. The molecule has 0 radical (unpaired) electrons. The molecule has 1 amide bonds. The van der Waals surface area contributed by atoms with Gasteiger partial charge in [-0.25, -0.2) is 4.99 Å². The molecule has 0 bridgehead atoms. The maximum atomic E-state index is 14.2. The molecule has 1 saturated carbocycles. The van der Waals surface area contributed by atoms with Crippen LogP contribution in [0, 0.1) is 34.5 Å². The Kier molecular flexibility index (Phi) is 4.65. The molecule has 0 aromatic heterocycles. The van der Waals surface area contributed by atoms with Crippen molar-refractivity contribution in [3.8, 4) is 6.07 Å². The molecule has 2 aliphatic heterocycles. The Morgan fingerprint density at radius 2 is 2.03 bits per heavy atom. The third-order valence-electron chi connectivity index (χ3n) is 8.01. The van der Waals surface area contributed by atoms with Crippen LogP contribution in [0.15, 0.2) is 23.2 Å². The molecule has 2 heterocycles. The molecular weight excluding hydrogens is 392 g/mol. The first-order chi connectivity index (χ1) is 14.8. The molecule has 5 rings (SSSR count). The van der Waals surface area contributed by atoms with Crippen molar-refractivity contribution in [1.29, 1.82) is 5.26 Å². The van der Waals surface area contributed by atoms with E-state index in [-0.39, 0.29) is 35.2 Å². The number of amides is 1. The summed E-state index contributed by atoms with van der Waals surface area (Å²) < 4.78 is 11.1. The van der Waals surface area contributed by atoms with E-state index in [0.717, 1.165) is 30.4 Å². The number of ether oxygens (including phenoxy) is 2. The zero-order chi connectivity index (χ0) is 22.0. The number of nitriles is 1. The molecule has 31 heavy (non-hydrogen) atoms. The molecule has 2 spiro atoms. The minimum Gasteiger partial charge on any atom is -0.381 e. The minimum atomic E-state index is -1.06. The first-order valence-electron chi connectivity index (χ1n) is 11.2. The van der Waals surface area contributed by atoms with E-state index in [1.54, 1.807) is 12.0 Å². The van der Waals surface area contributed by atoms with Gasteiger partial charge < -0.3 is 15.2 Å². The number of carbonyl (C=O) groups excluding carboxylic acids is 1. The van der Waals surface area contributed by atoms with Crippen molar-refractivity contribution in [2.24, 2.45) is 33.9 Å². The van der Waals surface area contributed by atoms with Gasteiger partial charge in [0.15, 0.2) is 11.5 Å². The lowest BCUT2D eigenvalue weighted by Gasteiger charge is -2.50. The van der Waals surface area contributed by atoms with Gasteiger partial charge in [-0.3, -0.25) is 9.69 Å². The number of benzene rings is 1. The summed E-state index contributed by atoms with van der Waals surface area (Å²) in [4.78, 5) is 20.8. The average Bonchev–Trinajstić information content (AvgIpc) is 3.10. The van der Waals surface area contributed by atoms with E-state index in [0.29, 0.717) is 31.3 Å². The monoisotopic (exact) mass is 422 g/mol. The number of hydrogen-bond donors (Lipinski definition) is 1. The van der Waals surface area contributed by atoms with Crippen LogP contribution in [0.4, 0.5) is 0 Å². The van der Waals surface area contributed by atoms with Crippen LogP contribution in [0.1, 0.15) is 43.4 Å². The fourth-order valence-electron chi connectivity index (χ4n) is 6.85. The number of fused-ring (bicyclic) bond motifs is 3. The summed E-state index contributed by atoms with van der Waals surface area (Å²) in [6, 6.07) is 7.95. The Bertz CT molecular complexity index is 983. The molecule has 164 valence electrons. The lowest BCUT2D eigenvalue weighted by atomic mass is 9.56. The average molecular weight is 423 g/mol. The smallest absolute Gasteiger partial charge is 0.262 e. The second-order valence-electron chi connectivity index (χ2n) is 10.0. The molecule has 0 unspecified atom stereocenters. The van der Waals surface area contributed by atoms with Gasteiger partial charge in [0, 0.05) is 25.0 Å². The summed E-state index contributed by atoms with van der Waals surface area (Å²) in [5.41, 5.74) is 7.50. The van der Waals surface area contributed by atoms with E-state index in [1.807, 2.05) is 18.2 Å². The van der Waals surface area contributed by atoms with Gasteiger partial charge in [-0.05, 0) is 54.4 Å². The number of nitrogens with zero attached hydrogens (tertiary/aromatic N) is 3. The SMILES string of the molecule is CO[C@H]1[C@H](C)C[C@@]2(Cc3ccc(C#N)cc3[C@]23N=C(N)N(CC2COC2)C3=O)C[C@@H]1C. The van der Waals surface area contributed by atoms with Gasteiger partial charge in [0.2, 0.25) is 0 Å². The number of hydrogen-bond acceptors (Lipinski definition) is 6. The predicted molar refractivity (Wildman–Crippen MR) is 115 cm³/mol. The number of rotatable bonds is 3. The zero-order valence-electron chi connectivity index (χ0n) is 18.4. The standard InChI is InChI=1S/C24H30N4O3/c1-14-7-23(8-15(2)20(14)30-3)9-18-5-4-16(10-25)6-19(18)24(23)21(29)28(22(26)27-24)11-17-12-31-13-17/h4-6,14-15,17,20H,7-9,11-13H2,1-3H3,(H2,26,27)/t14-,15+,20+,23+,24-/m1/s1. The van der Waals surface area contributed by atoms with E-state index in [9.17, 15) is 10.1 Å². The maximum absolute atomic E-state index is 14.2. The van der Waals surface area contributed by atoms with Gasteiger partial charge in [-0.1, -0.05) is 19.9 Å². The molecule has 5 atom stereocenters. The summed E-state index contributed by atoms with van der Waals surface area (Å²) >= 11 is 0. The third kappa shape index (κ3) is 2.71. The van der Waals surface area contributed by atoms with Gasteiger partial charge in [-0.15, -0.1) is 0 Å². The first kappa shape index (κ1) is 20.5. The van der Waals surface area contributed by atoms with Crippen molar-refractivity contribution in [1.82, 2.24) is 4.90 Å². The van der Waals surface area contributed by atoms with Crippen LogP contribution >= 0.6 is 0 Å². The summed E-state index contributed by atoms with van der Waals surface area (Å²) in [5, 5.41) is 9.54. The van der Waals surface area contributed by atoms with Crippen LogP contribution in [0.5, 0.6) is 0 Å². The van der Waals surface area contributed by atoms with E-state index in [2.05, 4.69) is 19.9 Å². The van der Waals surface area contributed by atoms with E-state index < -0.39 is 5.54 Å². The van der Waals surface area contributed by atoms with Gasteiger partial charge >= 0.3 is 0 Å². The molecule has 2 aliphatic carbocycles. The largest absolute Gasteiger partial charge is 0.381 e. The highest BCUT2D eigenvalue weighted by Crippen LogP contribution is 2.63. The fourth-order valence-corrected chi connectivity index (χ4v) is 6.85. The highest BCUT2D eigenvalue weighted by atomic mass is 16.5. The Morgan fingerprint density at radius 3 is 2.61 bits per heavy atom. The molecule has 1 aromatic carbocycles. The molecule has 2 N–H and O–H groups in total. The Balaban J connectivity index is 1.65. The van der Waals surface area contributed by atoms with Crippen LogP contribution in [0.3, 0.4) is 0 Å². The van der Waals surface area contributed by atoms with Gasteiger partial charge in [0.1, 0.15) is 0 Å². The van der Waals surface area contributed by atoms with Crippen molar-refractivity contribution in [2.45, 2.75) is 44.8 Å². The molecule has 2 fully saturated rings. The Hall–Kier alpha value is -2.43. The lowest BCUT2D eigenvalue weighted by Crippen LogP contribution is -2.56. The van der Waals surface area contributed by atoms with Gasteiger partial charge in [0.05, 0.1) is 31.0 Å². The molecule has 4 aliphatic rings. The van der Waals surface area contributed by atoms with Crippen molar-refractivity contribution >= 4 is 11.9 Å². The summed E-state index contributed by atoms with van der Waals surface area (Å²) in [7, 11) is 1.77.